The van der Waals surface area contributed by atoms with E-state index in [0.717, 1.165) is 5.56 Å². The molecule has 15 heavy (non-hydrogen) atoms. The molecule has 0 spiro atoms. The number of rotatable bonds is 3. The van der Waals surface area contributed by atoms with Gasteiger partial charge >= 0.3 is 6.18 Å². The molecule has 2 N–H and O–H groups in total. The Morgan fingerprint density at radius 2 is 2.00 bits per heavy atom. The van der Waals surface area contributed by atoms with Crippen LogP contribution in [-0.2, 0) is 6.54 Å². The fraction of sp³-hybridized carbons (Fsp3) is 0.333. The number of nitrogens with two attached hydrogens (primary N) is 1. The van der Waals surface area contributed by atoms with E-state index in [9.17, 15) is 13.2 Å². The topological polar surface area (TPSA) is 35.2 Å². The van der Waals surface area contributed by atoms with Crippen molar-refractivity contribution in [3.8, 4) is 5.75 Å². The van der Waals surface area contributed by atoms with Crippen LogP contribution in [0.4, 0.5) is 13.2 Å². The summed E-state index contributed by atoms with van der Waals surface area (Å²) in [5, 5.41) is 0. The lowest BCUT2D eigenvalue weighted by Crippen LogP contribution is -2.19. The molecule has 0 unspecified atom stereocenters. The minimum atomic E-state index is -4.33. The maximum Gasteiger partial charge on any atom is 0.422 e. The summed E-state index contributed by atoms with van der Waals surface area (Å²) in [6, 6.07) is 4.71. The highest BCUT2D eigenvalue weighted by Crippen LogP contribution is 2.27. The molecule has 84 valence electrons. The Kier molecular flexibility index (Phi) is 3.98. The minimum absolute atomic E-state index is 0.157. The largest absolute Gasteiger partial charge is 0.483 e. The molecular weight excluding hydrogens is 275 g/mol. The second-order valence-electron chi connectivity index (χ2n) is 2.87. The highest BCUT2D eigenvalue weighted by atomic mass is 79.9. The number of hydrogen-bond donors (Lipinski definition) is 1. The first-order valence-corrected chi connectivity index (χ1v) is 4.90. The van der Waals surface area contributed by atoms with Crippen LogP contribution in [0.15, 0.2) is 22.7 Å². The second-order valence-corrected chi connectivity index (χ2v) is 3.73. The summed E-state index contributed by atoms with van der Waals surface area (Å²) >= 11 is 3.11. The summed E-state index contributed by atoms with van der Waals surface area (Å²) in [6.45, 7) is -0.967. The molecule has 1 aromatic carbocycles. The van der Waals surface area contributed by atoms with Crippen LogP contribution in [0.25, 0.3) is 0 Å². The SMILES string of the molecule is NCc1ccc(OCC(F)(F)F)c(Br)c1. The number of benzene rings is 1. The molecule has 0 aromatic heterocycles. The van der Waals surface area contributed by atoms with Crippen molar-refractivity contribution in [3.05, 3.63) is 28.2 Å². The average molecular weight is 284 g/mol. The first kappa shape index (κ1) is 12.3. The first-order valence-electron chi connectivity index (χ1n) is 4.10. The van der Waals surface area contributed by atoms with E-state index in [1.54, 1.807) is 12.1 Å². The minimum Gasteiger partial charge on any atom is -0.483 e. The Morgan fingerprint density at radius 3 is 2.47 bits per heavy atom. The summed E-state index contributed by atoms with van der Waals surface area (Å²) in [6.07, 6.45) is -4.33. The summed E-state index contributed by atoms with van der Waals surface area (Å²) < 4.78 is 40.6. The van der Waals surface area contributed by atoms with Crippen molar-refractivity contribution in [1.82, 2.24) is 0 Å². The van der Waals surface area contributed by atoms with Gasteiger partial charge < -0.3 is 10.5 Å². The van der Waals surface area contributed by atoms with Crippen molar-refractivity contribution in [1.29, 1.82) is 0 Å². The lowest BCUT2D eigenvalue weighted by atomic mass is 10.2. The Bertz CT molecular complexity index is 341. The Balaban J connectivity index is 2.70. The van der Waals surface area contributed by atoms with Crippen molar-refractivity contribution < 1.29 is 17.9 Å². The monoisotopic (exact) mass is 283 g/mol. The number of ether oxygens (including phenoxy) is 1. The van der Waals surface area contributed by atoms with Crippen LogP contribution in [0, 0.1) is 0 Å². The number of halogens is 4. The van der Waals surface area contributed by atoms with E-state index in [0.29, 0.717) is 11.0 Å². The number of alkyl halides is 3. The Labute approximate surface area is 93.3 Å². The molecule has 0 radical (unpaired) electrons. The molecule has 0 fully saturated rings. The van der Waals surface area contributed by atoms with Gasteiger partial charge in [-0.1, -0.05) is 6.07 Å². The van der Waals surface area contributed by atoms with Crippen molar-refractivity contribution in [2.45, 2.75) is 12.7 Å². The molecule has 0 atom stereocenters. The van der Waals surface area contributed by atoms with Gasteiger partial charge in [0.25, 0.3) is 0 Å². The molecule has 0 bridgehead atoms. The maximum atomic E-state index is 11.9. The zero-order valence-electron chi connectivity index (χ0n) is 7.64. The highest BCUT2D eigenvalue weighted by molar-refractivity contribution is 9.10. The predicted molar refractivity (Wildman–Crippen MR) is 53.6 cm³/mol. The third-order valence-corrected chi connectivity index (χ3v) is 2.24. The van der Waals surface area contributed by atoms with E-state index < -0.39 is 12.8 Å². The molecule has 6 heteroatoms. The zero-order valence-corrected chi connectivity index (χ0v) is 9.23. The third kappa shape index (κ3) is 4.09. The van der Waals surface area contributed by atoms with Gasteiger partial charge in [0.05, 0.1) is 4.47 Å². The van der Waals surface area contributed by atoms with Crippen LogP contribution in [0.3, 0.4) is 0 Å². The van der Waals surface area contributed by atoms with Crippen LogP contribution in [0.5, 0.6) is 5.75 Å². The maximum absolute atomic E-state index is 11.9. The molecule has 0 saturated carbocycles. The summed E-state index contributed by atoms with van der Waals surface area (Å²) in [7, 11) is 0. The van der Waals surface area contributed by atoms with Gasteiger partial charge in [-0.15, -0.1) is 0 Å². The van der Waals surface area contributed by atoms with Gasteiger partial charge in [-0.2, -0.15) is 13.2 Å². The average Bonchev–Trinajstić information content (AvgIpc) is 2.14. The van der Waals surface area contributed by atoms with Crippen molar-refractivity contribution in [3.63, 3.8) is 0 Å². The van der Waals surface area contributed by atoms with E-state index in [2.05, 4.69) is 20.7 Å². The van der Waals surface area contributed by atoms with Crippen LogP contribution in [-0.4, -0.2) is 12.8 Å². The summed E-state index contributed by atoms with van der Waals surface area (Å²) in [5.41, 5.74) is 6.19. The van der Waals surface area contributed by atoms with Gasteiger partial charge in [0.1, 0.15) is 5.75 Å². The van der Waals surface area contributed by atoms with E-state index in [4.69, 9.17) is 5.73 Å². The molecule has 0 aliphatic rings. The van der Waals surface area contributed by atoms with Crippen LogP contribution >= 0.6 is 15.9 Å². The lowest BCUT2D eigenvalue weighted by Gasteiger charge is -2.11. The van der Waals surface area contributed by atoms with E-state index in [1.165, 1.54) is 6.07 Å². The molecule has 2 nitrogen and oxygen atoms in total. The molecule has 1 aromatic rings. The lowest BCUT2D eigenvalue weighted by molar-refractivity contribution is -0.153. The van der Waals surface area contributed by atoms with Crippen LogP contribution < -0.4 is 10.5 Å². The summed E-state index contributed by atoms with van der Waals surface area (Å²) in [4.78, 5) is 0. The molecule has 0 heterocycles. The first-order chi connectivity index (χ1) is 6.92. The van der Waals surface area contributed by atoms with Crippen molar-refractivity contribution >= 4 is 15.9 Å². The standard InChI is InChI=1S/C9H9BrF3NO/c10-7-3-6(4-14)1-2-8(7)15-5-9(11,12)13/h1-3H,4-5,14H2. The smallest absolute Gasteiger partial charge is 0.422 e. The molecule has 0 saturated heterocycles. The van der Waals surface area contributed by atoms with Gasteiger partial charge in [-0.25, -0.2) is 0 Å². The molecular formula is C9H9BrF3NO. The molecule has 0 aliphatic heterocycles. The number of hydrogen-bond acceptors (Lipinski definition) is 2. The zero-order chi connectivity index (χ0) is 11.5. The van der Waals surface area contributed by atoms with E-state index in [1.807, 2.05) is 0 Å². The molecule has 0 aliphatic carbocycles. The quantitative estimate of drug-likeness (QED) is 0.926. The normalized spacial score (nSPS) is 11.5. The fourth-order valence-electron chi connectivity index (χ4n) is 0.948. The van der Waals surface area contributed by atoms with Gasteiger partial charge in [-0.3, -0.25) is 0 Å². The summed E-state index contributed by atoms with van der Waals surface area (Å²) in [5.74, 6) is 0.157. The van der Waals surface area contributed by atoms with E-state index in [-0.39, 0.29) is 5.75 Å². The van der Waals surface area contributed by atoms with Crippen molar-refractivity contribution in [2.24, 2.45) is 5.73 Å². The molecule has 1 rings (SSSR count). The Hall–Kier alpha value is -0.750. The highest BCUT2D eigenvalue weighted by Gasteiger charge is 2.28. The van der Waals surface area contributed by atoms with Gasteiger partial charge in [0.2, 0.25) is 0 Å². The van der Waals surface area contributed by atoms with Gasteiger partial charge in [0, 0.05) is 6.54 Å². The van der Waals surface area contributed by atoms with Crippen molar-refractivity contribution in [2.75, 3.05) is 6.61 Å². The fourth-order valence-corrected chi connectivity index (χ4v) is 1.49. The van der Waals surface area contributed by atoms with Crippen LogP contribution in [0.1, 0.15) is 5.56 Å². The third-order valence-electron chi connectivity index (χ3n) is 1.62. The molecule has 0 amide bonds. The predicted octanol–water partition coefficient (Wildman–Crippen LogP) is 2.85. The second kappa shape index (κ2) is 4.85. The van der Waals surface area contributed by atoms with E-state index >= 15 is 0 Å². The van der Waals surface area contributed by atoms with Crippen LogP contribution in [0.2, 0.25) is 0 Å². The Morgan fingerprint density at radius 1 is 1.33 bits per heavy atom. The van der Waals surface area contributed by atoms with Gasteiger partial charge in [0.15, 0.2) is 6.61 Å². The van der Waals surface area contributed by atoms with Gasteiger partial charge in [-0.05, 0) is 33.6 Å².